The van der Waals surface area contributed by atoms with Gasteiger partial charge in [0.2, 0.25) is 0 Å². The summed E-state index contributed by atoms with van der Waals surface area (Å²) in [4.78, 5) is 0. The van der Waals surface area contributed by atoms with E-state index in [1.807, 2.05) is 0 Å². The molecule has 304 valence electrons. The van der Waals surface area contributed by atoms with E-state index in [2.05, 4.69) is 216 Å². The van der Waals surface area contributed by atoms with Crippen LogP contribution in [-0.2, 0) is 19.6 Å². The van der Waals surface area contributed by atoms with Gasteiger partial charge in [0.1, 0.15) is 0 Å². The van der Waals surface area contributed by atoms with Crippen LogP contribution in [0.1, 0.15) is 88.4 Å². The van der Waals surface area contributed by atoms with Gasteiger partial charge in [0.05, 0.1) is 0 Å². The number of benzene rings is 3. The van der Waals surface area contributed by atoms with Crippen molar-refractivity contribution >= 4 is 79.8 Å². The van der Waals surface area contributed by atoms with E-state index in [9.17, 15) is 0 Å². The van der Waals surface area contributed by atoms with Crippen molar-refractivity contribution in [2.24, 2.45) is 0 Å². The monoisotopic (exact) mass is 942 g/mol. The van der Waals surface area contributed by atoms with Gasteiger partial charge in [0.15, 0.2) is 0 Å². The van der Waals surface area contributed by atoms with Gasteiger partial charge in [-0.25, -0.2) is 0 Å². The van der Waals surface area contributed by atoms with Crippen molar-refractivity contribution in [1.82, 2.24) is 0 Å². The summed E-state index contributed by atoms with van der Waals surface area (Å²) in [6.45, 7) is 58.1. The third kappa shape index (κ3) is 9.44. The van der Waals surface area contributed by atoms with Crippen LogP contribution >= 0.6 is 0 Å². The van der Waals surface area contributed by atoms with Crippen molar-refractivity contribution in [1.29, 1.82) is 0 Å². The summed E-state index contributed by atoms with van der Waals surface area (Å²) in [5.41, 5.74) is 9.52. The van der Waals surface area contributed by atoms with Crippen LogP contribution in [0.4, 0.5) is 0 Å². The predicted molar refractivity (Wildman–Crippen MR) is 266 cm³/mol. The maximum absolute atomic E-state index is 8.17. The first-order valence-corrected chi connectivity index (χ1v) is 47.4. The molecule has 0 aliphatic carbocycles. The Morgan fingerprint density at radius 3 is 1.15 bits per heavy atom. The molecule has 0 bridgehead atoms. The van der Waals surface area contributed by atoms with E-state index < -0.39 is 62.0 Å². The molecule has 1 aliphatic heterocycles. The summed E-state index contributed by atoms with van der Waals surface area (Å²) in [6.07, 6.45) is 0. The summed E-state index contributed by atoms with van der Waals surface area (Å²) in [7, 11) is -10.4. The Morgan fingerprint density at radius 2 is 0.800 bits per heavy atom. The van der Waals surface area contributed by atoms with Crippen molar-refractivity contribution in [2.75, 3.05) is 0 Å². The van der Waals surface area contributed by atoms with Crippen LogP contribution in [0.2, 0.25) is 118 Å². The predicted octanol–water partition coefficient (Wildman–Crippen LogP) is 12.5. The Labute approximate surface area is 357 Å². The van der Waals surface area contributed by atoms with E-state index in [0.29, 0.717) is 27.3 Å². The molecule has 1 aliphatic rings. The first-order chi connectivity index (χ1) is 24.7. The summed E-state index contributed by atoms with van der Waals surface area (Å²) in [5.74, 6) is 0.779. The van der Waals surface area contributed by atoms with Gasteiger partial charge >= 0.3 is 360 Å². The summed E-state index contributed by atoms with van der Waals surface area (Å²) >= 11 is -0.513. The minimum absolute atomic E-state index is 0.390. The van der Waals surface area contributed by atoms with E-state index in [-0.39, 0.29) is 0 Å². The Balaban J connectivity index is 2.60. The van der Waals surface area contributed by atoms with Crippen molar-refractivity contribution in [3.8, 4) is 0 Å². The molecule has 1 unspecified atom stereocenters. The van der Waals surface area contributed by atoms with Crippen LogP contribution < -0.4 is 13.2 Å². The Bertz CT molecular complexity index is 1770. The zero-order valence-electron chi connectivity index (χ0n) is 39.4. The average Bonchev–Trinajstić information content (AvgIpc) is 3.24. The van der Waals surface area contributed by atoms with E-state index in [1.165, 1.54) is 21.1 Å². The summed E-state index contributed by atoms with van der Waals surface area (Å²) < 4.78 is 14.0. The van der Waals surface area contributed by atoms with Crippen molar-refractivity contribution in [3.05, 3.63) is 88.0 Å². The van der Waals surface area contributed by atoms with Gasteiger partial charge in [-0.1, -0.05) is 0 Å². The topological polar surface area (TPSA) is 9.23 Å². The Morgan fingerprint density at radius 1 is 0.455 bits per heavy atom. The fraction of sp³-hybridized carbons (Fsp3) is 0.587. The molecule has 9 heteroatoms. The zero-order chi connectivity index (χ0) is 42.2. The molecule has 0 fully saturated rings. The van der Waals surface area contributed by atoms with Crippen molar-refractivity contribution in [3.63, 3.8) is 0 Å². The second kappa shape index (κ2) is 16.0. The second-order valence-electron chi connectivity index (χ2n) is 24.3. The zero-order valence-corrected chi connectivity index (χ0v) is 48.8. The number of hydrogen-bond donors (Lipinski definition) is 0. The Hall–Kier alpha value is -0.133. The third-order valence-electron chi connectivity index (χ3n) is 12.2. The van der Waals surface area contributed by atoms with Crippen molar-refractivity contribution in [2.45, 2.75) is 173 Å². The van der Waals surface area contributed by atoms with Gasteiger partial charge < -0.3 is 0 Å². The number of hydrogen-bond acceptors (Lipinski definition) is 1. The summed E-state index contributed by atoms with van der Waals surface area (Å²) in [5, 5.41) is 1.87. The van der Waals surface area contributed by atoms with Crippen LogP contribution in [-0.4, -0.2) is 66.6 Å². The van der Waals surface area contributed by atoms with E-state index in [0.717, 1.165) is 4.57 Å². The molecular weight excluding hydrogens is 862 g/mol. The molecule has 55 heavy (non-hydrogen) atoms. The molecule has 1 atom stereocenters. The molecule has 3 aromatic carbocycles. The normalized spacial score (nSPS) is 17.8. The van der Waals surface area contributed by atoms with Gasteiger partial charge in [-0.05, 0) is 0 Å². The molecule has 1 heterocycles. The molecule has 0 saturated heterocycles. The second-order valence-corrected chi connectivity index (χ2v) is 65.0. The van der Waals surface area contributed by atoms with Gasteiger partial charge in [0.25, 0.3) is 0 Å². The van der Waals surface area contributed by atoms with Gasteiger partial charge in [-0.3, -0.25) is 0 Å². The number of rotatable bonds is 13. The molecular formula is C46H80CrGeOSi6. The van der Waals surface area contributed by atoms with Gasteiger partial charge in [-0.15, -0.1) is 0 Å². The Kier molecular flexibility index (Phi) is 13.9. The third-order valence-corrected chi connectivity index (χ3v) is 50.0. The van der Waals surface area contributed by atoms with Gasteiger partial charge in [-0.2, -0.15) is 0 Å². The minimum atomic E-state index is -4.07. The van der Waals surface area contributed by atoms with Crippen LogP contribution in [0, 0.1) is 0 Å². The van der Waals surface area contributed by atoms with Crippen molar-refractivity contribution < 1.29 is 19.6 Å². The molecule has 1 nitrogen and oxygen atoms in total. The van der Waals surface area contributed by atoms with Crippen LogP contribution in [0.5, 0.6) is 0 Å². The number of fused-ring (bicyclic) bond motifs is 1. The molecule has 3 aromatic rings. The first-order valence-electron chi connectivity index (χ1n) is 21.3. The van der Waals surface area contributed by atoms with Gasteiger partial charge in [0, 0.05) is 0 Å². The van der Waals surface area contributed by atoms with E-state index in [4.69, 9.17) is 3.76 Å². The molecule has 0 radical (unpaired) electrons. The maximum atomic E-state index is 8.17. The van der Waals surface area contributed by atoms with Crippen LogP contribution in [0.25, 0.3) is 0 Å². The molecule has 0 spiro atoms. The molecule has 0 aromatic heterocycles. The fourth-order valence-corrected chi connectivity index (χ4v) is 64.1. The average molecular weight is 942 g/mol. The van der Waals surface area contributed by atoms with E-state index >= 15 is 0 Å². The summed E-state index contributed by atoms with van der Waals surface area (Å²) in [6, 6.07) is 22.6. The van der Waals surface area contributed by atoms with E-state index in [1.54, 1.807) is 25.5 Å². The standard InChI is InChI=1S/C46H80GeOSi6.Cr/c1-33(2)37-27-25-28-38(34(3)4)42(37)47(41-29-24-23-26-35(41)32-48-47)43-39(45(51(11,12)13)52(14,15)16)30-36(44(49(5,6)7)50(8,9)10)31-40(43)46(53(17,18)19)54(20,21)22;/h23-31,33-34,44-46H,1-22H3;. The van der Waals surface area contributed by atoms with Crippen LogP contribution in [0.3, 0.4) is 0 Å². The SMILES string of the molecule is CC(C)c1cccc(C(C)C)[c]1[Ge]1([c]2c(C([Si](C)(C)C)[Si](C)(C)C)cc(C([Si](C)(C)C)[Si](C)(C)C)cc2C([Si](C)(C)C)[Si](C)(C)C)[O][C](=[Cr])c2cccc[c]21. The molecule has 4 rings (SSSR count). The van der Waals surface area contributed by atoms with Crippen LogP contribution in [0.15, 0.2) is 54.6 Å². The quantitative estimate of drug-likeness (QED) is 0.155. The molecule has 0 amide bonds. The fourth-order valence-electron chi connectivity index (χ4n) is 12.2. The molecule has 0 N–H and O–H groups in total. The molecule has 0 saturated carbocycles. The first kappa shape index (κ1) is 47.5.